The summed E-state index contributed by atoms with van der Waals surface area (Å²) in [7, 11) is 0. The Bertz CT molecular complexity index is 1200. The van der Waals surface area contributed by atoms with Gasteiger partial charge in [-0.25, -0.2) is 11.4 Å². The standard InChI is InChI=1S/C26H31N5O2/c1-19-17-30(18-20-8-9-20)25(33)31(24(19)32)15-5-14-29-22-10-12-26(28-2,13-11-22)23-7-4-3-6-21(23)16-27/h3-4,6-7,17,20,22,29H,5,8-15,18H2,1H3. The van der Waals surface area contributed by atoms with Crippen molar-refractivity contribution in [2.45, 2.75) is 76.5 Å². The molecule has 0 saturated heterocycles. The molecule has 2 aromatic rings. The molecule has 0 spiro atoms. The van der Waals surface area contributed by atoms with Crippen molar-refractivity contribution in [3.8, 4) is 6.07 Å². The predicted molar refractivity (Wildman–Crippen MR) is 127 cm³/mol. The Morgan fingerprint density at radius 1 is 1.21 bits per heavy atom. The van der Waals surface area contributed by atoms with E-state index in [0.717, 1.165) is 44.1 Å². The lowest BCUT2D eigenvalue weighted by Gasteiger charge is -2.32. The number of aromatic nitrogens is 2. The third kappa shape index (κ3) is 4.94. The molecule has 1 heterocycles. The molecule has 33 heavy (non-hydrogen) atoms. The second kappa shape index (κ2) is 9.77. The summed E-state index contributed by atoms with van der Waals surface area (Å²) in [5.74, 6) is 0.573. The quantitative estimate of drug-likeness (QED) is 0.499. The largest absolute Gasteiger partial charge is 0.330 e. The van der Waals surface area contributed by atoms with E-state index < -0.39 is 5.54 Å². The first-order valence-corrected chi connectivity index (χ1v) is 11.9. The van der Waals surface area contributed by atoms with Gasteiger partial charge in [0, 0.05) is 43.7 Å². The van der Waals surface area contributed by atoms with Crippen LogP contribution in [0.4, 0.5) is 0 Å². The van der Waals surface area contributed by atoms with Crippen molar-refractivity contribution >= 4 is 0 Å². The minimum atomic E-state index is -0.619. The normalized spacial score (nSPS) is 22.5. The highest BCUT2D eigenvalue weighted by Gasteiger charge is 2.44. The van der Waals surface area contributed by atoms with Crippen LogP contribution >= 0.6 is 0 Å². The van der Waals surface area contributed by atoms with E-state index in [4.69, 9.17) is 6.57 Å². The van der Waals surface area contributed by atoms with Crippen LogP contribution in [-0.2, 0) is 18.6 Å². The molecule has 0 atom stereocenters. The minimum Gasteiger partial charge on any atom is -0.314 e. The maximum Gasteiger partial charge on any atom is 0.330 e. The third-order valence-corrected chi connectivity index (χ3v) is 7.13. The number of hydrogen-bond donors (Lipinski definition) is 1. The molecule has 2 saturated carbocycles. The summed E-state index contributed by atoms with van der Waals surface area (Å²) < 4.78 is 3.08. The molecule has 1 N–H and O–H groups in total. The van der Waals surface area contributed by atoms with E-state index in [1.54, 1.807) is 23.8 Å². The maximum absolute atomic E-state index is 12.7. The van der Waals surface area contributed by atoms with Crippen molar-refractivity contribution in [2.24, 2.45) is 5.92 Å². The van der Waals surface area contributed by atoms with Gasteiger partial charge in [0.15, 0.2) is 0 Å². The zero-order valence-corrected chi connectivity index (χ0v) is 19.2. The van der Waals surface area contributed by atoms with Crippen LogP contribution < -0.4 is 16.6 Å². The number of nitrogens with one attached hydrogen (secondary N) is 1. The van der Waals surface area contributed by atoms with Gasteiger partial charge >= 0.3 is 5.69 Å². The molecule has 1 aromatic carbocycles. The SMILES string of the molecule is [C-]#[N+]C1(c2ccccc2C#N)CCC(NCCCn2c(=O)c(C)cn(CC3CC3)c2=O)CC1. The highest BCUT2D eigenvalue weighted by atomic mass is 16.2. The Kier molecular flexibility index (Phi) is 6.81. The van der Waals surface area contributed by atoms with Crippen molar-refractivity contribution in [3.63, 3.8) is 0 Å². The van der Waals surface area contributed by atoms with Gasteiger partial charge in [0.1, 0.15) is 0 Å². The first kappa shape index (κ1) is 23.0. The Balaban J connectivity index is 1.32. The molecule has 7 heteroatoms. The molecule has 2 aliphatic carbocycles. The summed E-state index contributed by atoms with van der Waals surface area (Å²) in [6.45, 7) is 11.4. The Labute approximate surface area is 194 Å². The van der Waals surface area contributed by atoms with Crippen LogP contribution in [0.5, 0.6) is 0 Å². The predicted octanol–water partition coefficient (Wildman–Crippen LogP) is 3.34. The second-order valence-corrected chi connectivity index (χ2v) is 9.53. The van der Waals surface area contributed by atoms with Crippen LogP contribution in [0.2, 0.25) is 0 Å². The first-order valence-electron chi connectivity index (χ1n) is 11.9. The molecular formula is C26H31N5O2. The minimum absolute atomic E-state index is 0.192. The van der Waals surface area contributed by atoms with E-state index >= 15 is 0 Å². The van der Waals surface area contributed by atoms with Crippen molar-refractivity contribution in [2.75, 3.05) is 6.54 Å². The van der Waals surface area contributed by atoms with Crippen LogP contribution in [0.3, 0.4) is 0 Å². The molecule has 0 radical (unpaired) electrons. The van der Waals surface area contributed by atoms with Crippen molar-refractivity contribution < 1.29 is 0 Å². The number of rotatable bonds is 8. The van der Waals surface area contributed by atoms with Crippen LogP contribution in [-0.4, -0.2) is 21.7 Å². The number of hydrogen-bond acceptors (Lipinski definition) is 4. The molecule has 1 aromatic heterocycles. The smallest absolute Gasteiger partial charge is 0.314 e. The van der Waals surface area contributed by atoms with Gasteiger partial charge in [0.2, 0.25) is 0 Å². The maximum atomic E-state index is 12.7. The summed E-state index contributed by atoms with van der Waals surface area (Å²) in [4.78, 5) is 29.2. The van der Waals surface area contributed by atoms with Gasteiger partial charge in [0.05, 0.1) is 17.2 Å². The monoisotopic (exact) mass is 445 g/mol. The van der Waals surface area contributed by atoms with Gasteiger partial charge < -0.3 is 10.2 Å². The van der Waals surface area contributed by atoms with Crippen molar-refractivity contribution in [3.05, 3.63) is 79.4 Å². The lowest BCUT2D eigenvalue weighted by Crippen LogP contribution is -2.42. The number of benzene rings is 1. The van der Waals surface area contributed by atoms with Gasteiger partial charge in [-0.05, 0) is 63.6 Å². The number of nitriles is 1. The summed E-state index contributed by atoms with van der Waals surface area (Å²) >= 11 is 0. The molecule has 0 aliphatic heterocycles. The summed E-state index contributed by atoms with van der Waals surface area (Å²) in [5.41, 5.74) is 1.05. The Morgan fingerprint density at radius 3 is 2.61 bits per heavy atom. The number of nitrogens with zero attached hydrogens (tertiary/aromatic N) is 4. The van der Waals surface area contributed by atoms with Crippen molar-refractivity contribution in [1.29, 1.82) is 5.26 Å². The first-order chi connectivity index (χ1) is 16.0. The molecule has 0 amide bonds. The zero-order chi connectivity index (χ0) is 23.4. The van der Waals surface area contributed by atoms with E-state index in [0.29, 0.717) is 49.1 Å². The van der Waals surface area contributed by atoms with Gasteiger partial charge in [-0.1, -0.05) is 12.1 Å². The third-order valence-electron chi connectivity index (χ3n) is 7.13. The molecule has 172 valence electrons. The van der Waals surface area contributed by atoms with Crippen molar-refractivity contribution in [1.82, 2.24) is 14.5 Å². The van der Waals surface area contributed by atoms with Gasteiger partial charge in [-0.2, -0.15) is 5.26 Å². The average Bonchev–Trinajstić information content (AvgIpc) is 3.66. The highest BCUT2D eigenvalue weighted by molar-refractivity contribution is 5.44. The molecule has 4 rings (SSSR count). The fraction of sp³-hybridized carbons (Fsp3) is 0.538. The Hall–Kier alpha value is -3.16. The molecule has 2 aliphatic rings. The lowest BCUT2D eigenvalue weighted by molar-refractivity contribution is 0.285. The van der Waals surface area contributed by atoms with E-state index in [9.17, 15) is 14.9 Å². The Morgan fingerprint density at radius 2 is 1.94 bits per heavy atom. The van der Waals surface area contributed by atoms with E-state index in [1.807, 2.05) is 18.2 Å². The summed E-state index contributed by atoms with van der Waals surface area (Å²) in [5, 5.41) is 13.0. The molecular weight excluding hydrogens is 414 g/mol. The molecule has 7 nitrogen and oxygen atoms in total. The van der Waals surface area contributed by atoms with E-state index in [2.05, 4.69) is 16.2 Å². The van der Waals surface area contributed by atoms with Crippen LogP contribution in [0, 0.1) is 30.7 Å². The number of aryl methyl sites for hydroxylation is 1. The molecule has 0 bridgehead atoms. The zero-order valence-electron chi connectivity index (χ0n) is 19.2. The van der Waals surface area contributed by atoms with Crippen LogP contribution in [0.15, 0.2) is 40.1 Å². The van der Waals surface area contributed by atoms with Crippen LogP contribution in [0.25, 0.3) is 4.85 Å². The van der Waals surface area contributed by atoms with Gasteiger partial charge in [-0.3, -0.25) is 13.9 Å². The van der Waals surface area contributed by atoms with E-state index in [-0.39, 0.29) is 11.2 Å². The fourth-order valence-electron chi connectivity index (χ4n) is 4.98. The topological polar surface area (TPSA) is 84.2 Å². The fourth-order valence-corrected chi connectivity index (χ4v) is 4.98. The molecule has 2 fully saturated rings. The van der Waals surface area contributed by atoms with Gasteiger partial charge in [0.25, 0.3) is 11.1 Å². The summed E-state index contributed by atoms with van der Waals surface area (Å²) in [6.07, 6.45) is 7.88. The molecule has 0 unspecified atom stereocenters. The van der Waals surface area contributed by atoms with Gasteiger partial charge in [-0.15, -0.1) is 0 Å². The second-order valence-electron chi connectivity index (χ2n) is 9.53. The summed E-state index contributed by atoms with van der Waals surface area (Å²) in [6, 6.07) is 9.99. The highest BCUT2D eigenvalue weighted by Crippen LogP contribution is 2.42. The van der Waals surface area contributed by atoms with E-state index in [1.165, 1.54) is 4.57 Å². The lowest BCUT2D eigenvalue weighted by atomic mass is 9.74. The average molecular weight is 446 g/mol. The van der Waals surface area contributed by atoms with Crippen LogP contribution in [0.1, 0.15) is 61.6 Å².